The zero-order chi connectivity index (χ0) is 17.8. The first-order chi connectivity index (χ1) is 12.8. The lowest BCUT2D eigenvalue weighted by atomic mass is 9.90. The predicted octanol–water partition coefficient (Wildman–Crippen LogP) is 4.02. The van der Waals surface area contributed by atoms with Crippen LogP contribution in [-0.2, 0) is 30.6 Å². The maximum Gasteiger partial charge on any atom is 0.224 e. The fourth-order valence-corrected chi connectivity index (χ4v) is 4.15. The number of nitrogens with one attached hydrogen (secondary N) is 1. The summed E-state index contributed by atoms with van der Waals surface area (Å²) < 4.78 is 0. The third kappa shape index (κ3) is 4.09. The summed E-state index contributed by atoms with van der Waals surface area (Å²) in [5.74, 6) is 0.101. The Morgan fingerprint density at radius 1 is 0.846 bits per heavy atom. The molecule has 2 aromatic carbocycles. The van der Waals surface area contributed by atoms with E-state index in [4.69, 9.17) is 0 Å². The summed E-state index contributed by atoms with van der Waals surface area (Å²) in [4.78, 5) is 14.7. The smallest absolute Gasteiger partial charge is 0.224 e. The molecule has 0 bridgehead atoms. The monoisotopic (exact) mass is 348 g/mol. The summed E-state index contributed by atoms with van der Waals surface area (Å²) in [7, 11) is 0. The van der Waals surface area contributed by atoms with E-state index in [0.717, 1.165) is 30.6 Å². The number of hydrogen-bond donors (Lipinski definition) is 1. The molecule has 1 saturated heterocycles. The summed E-state index contributed by atoms with van der Waals surface area (Å²) in [5.41, 5.74) is 6.50. The van der Waals surface area contributed by atoms with Gasteiger partial charge in [0.2, 0.25) is 5.91 Å². The summed E-state index contributed by atoms with van der Waals surface area (Å²) in [5, 5.41) is 3.06. The van der Waals surface area contributed by atoms with Crippen molar-refractivity contribution in [2.75, 3.05) is 18.0 Å². The van der Waals surface area contributed by atoms with E-state index in [1.165, 1.54) is 48.9 Å². The van der Waals surface area contributed by atoms with Gasteiger partial charge in [-0.25, -0.2) is 0 Å². The molecule has 0 aromatic heterocycles. The van der Waals surface area contributed by atoms with Gasteiger partial charge in [-0.15, -0.1) is 0 Å². The highest BCUT2D eigenvalue weighted by Gasteiger charge is 2.13. The molecular weight excluding hydrogens is 320 g/mol. The van der Waals surface area contributed by atoms with Gasteiger partial charge in [-0.3, -0.25) is 4.79 Å². The van der Waals surface area contributed by atoms with Gasteiger partial charge in [0, 0.05) is 25.3 Å². The predicted molar refractivity (Wildman–Crippen MR) is 107 cm³/mol. The van der Waals surface area contributed by atoms with Crippen LogP contribution in [0.5, 0.6) is 0 Å². The lowest BCUT2D eigenvalue weighted by Crippen LogP contribution is -2.24. The Bertz CT molecular complexity index is 760. The van der Waals surface area contributed by atoms with Crippen molar-refractivity contribution in [1.29, 1.82) is 0 Å². The maximum atomic E-state index is 12.3. The fourth-order valence-electron chi connectivity index (χ4n) is 4.15. The van der Waals surface area contributed by atoms with Crippen LogP contribution >= 0.6 is 0 Å². The zero-order valence-corrected chi connectivity index (χ0v) is 15.5. The van der Waals surface area contributed by atoms with Crippen molar-refractivity contribution in [3.05, 3.63) is 64.7 Å². The molecule has 2 aliphatic rings. The highest BCUT2D eigenvalue weighted by molar-refractivity contribution is 5.78. The normalized spacial score (nSPS) is 16.4. The van der Waals surface area contributed by atoms with E-state index < -0.39 is 0 Å². The topological polar surface area (TPSA) is 32.3 Å². The third-order valence-electron chi connectivity index (χ3n) is 5.67. The maximum absolute atomic E-state index is 12.3. The van der Waals surface area contributed by atoms with Crippen molar-refractivity contribution < 1.29 is 4.79 Å². The van der Waals surface area contributed by atoms with Gasteiger partial charge in [0.05, 0.1) is 6.42 Å². The molecule has 1 heterocycles. The SMILES string of the molecule is O=C(Cc1ccc2c(c1)CCCC2)NCc1ccc(N2CCCC2)cc1. The van der Waals surface area contributed by atoms with Crippen molar-refractivity contribution in [3.8, 4) is 0 Å². The second-order valence-electron chi connectivity index (χ2n) is 7.62. The number of anilines is 1. The van der Waals surface area contributed by atoms with Crippen LogP contribution < -0.4 is 10.2 Å². The average molecular weight is 348 g/mol. The van der Waals surface area contributed by atoms with Crippen LogP contribution in [0.15, 0.2) is 42.5 Å². The van der Waals surface area contributed by atoms with E-state index in [9.17, 15) is 4.79 Å². The van der Waals surface area contributed by atoms with Crippen molar-refractivity contribution in [1.82, 2.24) is 5.32 Å². The molecule has 0 saturated carbocycles. The number of benzene rings is 2. The van der Waals surface area contributed by atoms with Crippen LogP contribution in [0.2, 0.25) is 0 Å². The van der Waals surface area contributed by atoms with E-state index in [0.29, 0.717) is 13.0 Å². The number of carbonyl (C=O) groups excluding carboxylic acids is 1. The highest BCUT2D eigenvalue weighted by Crippen LogP contribution is 2.23. The molecule has 4 rings (SSSR count). The number of carbonyl (C=O) groups is 1. The summed E-state index contributed by atoms with van der Waals surface area (Å²) >= 11 is 0. The zero-order valence-electron chi connectivity index (χ0n) is 15.5. The molecular formula is C23H28N2O. The Hall–Kier alpha value is -2.29. The average Bonchev–Trinajstić information content (AvgIpc) is 3.21. The summed E-state index contributed by atoms with van der Waals surface area (Å²) in [6.07, 6.45) is 7.98. The van der Waals surface area contributed by atoms with Crippen LogP contribution in [0.1, 0.15) is 47.9 Å². The fraction of sp³-hybridized carbons (Fsp3) is 0.435. The van der Waals surface area contributed by atoms with Crippen molar-refractivity contribution >= 4 is 11.6 Å². The molecule has 0 spiro atoms. The first-order valence-electron chi connectivity index (χ1n) is 9.99. The largest absolute Gasteiger partial charge is 0.372 e. The van der Waals surface area contributed by atoms with E-state index in [1.807, 2.05) is 0 Å². The van der Waals surface area contributed by atoms with Crippen LogP contribution in [-0.4, -0.2) is 19.0 Å². The van der Waals surface area contributed by atoms with E-state index >= 15 is 0 Å². The van der Waals surface area contributed by atoms with Crippen LogP contribution in [0.3, 0.4) is 0 Å². The second kappa shape index (κ2) is 7.94. The Labute approximate surface area is 156 Å². The molecule has 0 radical (unpaired) electrons. The van der Waals surface area contributed by atoms with Crippen molar-refractivity contribution in [3.63, 3.8) is 0 Å². The van der Waals surface area contributed by atoms with Crippen LogP contribution in [0.25, 0.3) is 0 Å². The van der Waals surface area contributed by atoms with Gasteiger partial charge in [-0.1, -0.05) is 30.3 Å². The molecule has 1 aliphatic heterocycles. The minimum atomic E-state index is 0.101. The summed E-state index contributed by atoms with van der Waals surface area (Å²) in [6.45, 7) is 2.93. The Morgan fingerprint density at radius 3 is 2.31 bits per heavy atom. The molecule has 136 valence electrons. The Morgan fingerprint density at radius 2 is 1.54 bits per heavy atom. The lowest BCUT2D eigenvalue weighted by molar-refractivity contribution is -0.120. The summed E-state index contributed by atoms with van der Waals surface area (Å²) in [6, 6.07) is 15.2. The highest BCUT2D eigenvalue weighted by atomic mass is 16.1. The Kier molecular flexibility index (Phi) is 5.24. The molecule has 1 amide bonds. The van der Waals surface area contributed by atoms with Gasteiger partial charge in [0.25, 0.3) is 0 Å². The van der Waals surface area contributed by atoms with Crippen molar-refractivity contribution in [2.45, 2.75) is 51.5 Å². The molecule has 2 aromatic rings. The number of fused-ring (bicyclic) bond motifs is 1. The molecule has 1 fully saturated rings. The third-order valence-corrected chi connectivity index (χ3v) is 5.67. The molecule has 26 heavy (non-hydrogen) atoms. The number of hydrogen-bond acceptors (Lipinski definition) is 2. The van der Waals surface area contributed by atoms with Gasteiger partial charge in [-0.2, -0.15) is 0 Å². The Balaban J connectivity index is 1.29. The molecule has 1 aliphatic carbocycles. The number of rotatable bonds is 5. The minimum Gasteiger partial charge on any atom is -0.372 e. The number of nitrogens with zero attached hydrogens (tertiary/aromatic N) is 1. The van der Waals surface area contributed by atoms with Gasteiger partial charge in [0.15, 0.2) is 0 Å². The number of aryl methyl sites for hydroxylation is 2. The van der Waals surface area contributed by atoms with Crippen molar-refractivity contribution in [2.24, 2.45) is 0 Å². The first kappa shape index (κ1) is 17.1. The van der Waals surface area contributed by atoms with Crippen LogP contribution in [0.4, 0.5) is 5.69 Å². The lowest BCUT2D eigenvalue weighted by Gasteiger charge is -2.18. The molecule has 0 unspecified atom stereocenters. The van der Waals surface area contributed by atoms with Gasteiger partial charge in [-0.05, 0) is 72.9 Å². The molecule has 3 nitrogen and oxygen atoms in total. The quantitative estimate of drug-likeness (QED) is 0.885. The van der Waals surface area contributed by atoms with Gasteiger partial charge < -0.3 is 10.2 Å². The second-order valence-corrected chi connectivity index (χ2v) is 7.62. The van der Waals surface area contributed by atoms with Gasteiger partial charge >= 0.3 is 0 Å². The first-order valence-corrected chi connectivity index (χ1v) is 9.99. The van der Waals surface area contributed by atoms with Crippen LogP contribution in [0, 0.1) is 0 Å². The number of amides is 1. The molecule has 0 atom stereocenters. The standard InChI is InChI=1S/C23H28N2O/c26-23(16-19-7-10-20-5-1-2-6-21(20)15-19)24-17-18-8-11-22(12-9-18)25-13-3-4-14-25/h7-12,15H,1-6,13-14,16-17H2,(H,24,26). The molecule has 3 heteroatoms. The van der Waals surface area contributed by atoms with E-state index in [1.54, 1.807) is 0 Å². The van der Waals surface area contributed by atoms with Gasteiger partial charge in [0.1, 0.15) is 0 Å². The molecule has 1 N–H and O–H groups in total. The minimum absolute atomic E-state index is 0.101. The van der Waals surface area contributed by atoms with E-state index in [2.05, 4.69) is 52.7 Å². The van der Waals surface area contributed by atoms with E-state index in [-0.39, 0.29) is 5.91 Å².